The largest absolute Gasteiger partial charge is 0.573 e. The number of alkyl halides is 3. The van der Waals surface area contributed by atoms with Crippen LogP contribution in [0.15, 0.2) is 78.0 Å². The van der Waals surface area contributed by atoms with Gasteiger partial charge in [0.15, 0.2) is 11.0 Å². The van der Waals surface area contributed by atoms with Crippen LogP contribution in [-0.2, 0) is 0 Å². The number of benzene rings is 3. The minimum atomic E-state index is -4.74. The molecular weight excluding hydrogens is 613 g/mol. The molecule has 2 amide bonds. The van der Waals surface area contributed by atoms with Crippen LogP contribution in [0.2, 0.25) is 0 Å². The van der Waals surface area contributed by atoms with Gasteiger partial charge in [0.2, 0.25) is 0 Å². The molecule has 0 bridgehead atoms. The number of halogens is 3. The highest BCUT2D eigenvalue weighted by Crippen LogP contribution is 2.34. The van der Waals surface area contributed by atoms with Gasteiger partial charge >= 0.3 is 12.4 Å². The molecule has 1 unspecified atom stereocenters. The number of aryl methyl sites for hydroxylation is 1. The van der Waals surface area contributed by atoms with Gasteiger partial charge in [-0.3, -0.25) is 0 Å². The number of carbonyl (C=O) groups is 1. The van der Waals surface area contributed by atoms with Gasteiger partial charge < -0.3 is 15.0 Å². The molecule has 1 fully saturated rings. The average Bonchev–Trinajstić information content (AvgIpc) is 3.69. The predicted molar refractivity (Wildman–Crippen MR) is 177 cm³/mol. The first kappa shape index (κ1) is 33.1. The number of urea groups is 1. The van der Waals surface area contributed by atoms with Gasteiger partial charge in [-0.15, -0.1) is 18.3 Å². The smallest absolute Gasteiger partial charge is 0.406 e. The van der Waals surface area contributed by atoms with Crippen LogP contribution >= 0.6 is 11.8 Å². The second-order valence-electron chi connectivity index (χ2n) is 11.5. The van der Waals surface area contributed by atoms with Crippen LogP contribution < -0.4 is 15.0 Å². The molecule has 3 aromatic carbocycles. The number of aromatic nitrogens is 3. The molecule has 1 aliphatic heterocycles. The maximum absolute atomic E-state index is 12.7. The summed E-state index contributed by atoms with van der Waals surface area (Å²) in [7, 11) is 0. The van der Waals surface area contributed by atoms with Gasteiger partial charge in [0.1, 0.15) is 12.1 Å². The Labute approximate surface area is 271 Å². The van der Waals surface area contributed by atoms with E-state index in [1.807, 2.05) is 24.3 Å². The maximum Gasteiger partial charge on any atom is 0.573 e. The Balaban J connectivity index is 1.11. The van der Waals surface area contributed by atoms with Crippen molar-refractivity contribution in [1.82, 2.24) is 20.1 Å². The lowest BCUT2D eigenvalue weighted by atomic mass is 9.95. The van der Waals surface area contributed by atoms with Crippen LogP contribution in [0.4, 0.5) is 23.7 Å². The second-order valence-corrected chi connectivity index (χ2v) is 12.6. The summed E-state index contributed by atoms with van der Waals surface area (Å²) in [5.41, 5.74) is 6.20. The Morgan fingerprint density at radius 2 is 1.80 bits per heavy atom. The third kappa shape index (κ3) is 8.28. The second kappa shape index (κ2) is 14.4. The number of rotatable bonds is 10. The van der Waals surface area contributed by atoms with Crippen LogP contribution in [0.1, 0.15) is 62.1 Å². The fourth-order valence-electron chi connectivity index (χ4n) is 5.55. The number of thioether (sulfide) groups is 1. The van der Waals surface area contributed by atoms with Crippen molar-refractivity contribution in [3.05, 3.63) is 89.7 Å². The molecule has 1 atom stereocenters. The third-order valence-corrected chi connectivity index (χ3v) is 8.75. The zero-order chi connectivity index (χ0) is 32.8. The molecule has 5 rings (SSSR count). The summed E-state index contributed by atoms with van der Waals surface area (Å²) < 4.78 is 42.7. The summed E-state index contributed by atoms with van der Waals surface area (Å²) in [6.07, 6.45) is -1.53. The van der Waals surface area contributed by atoms with Gasteiger partial charge in [0, 0.05) is 30.1 Å². The van der Waals surface area contributed by atoms with Crippen LogP contribution in [0.3, 0.4) is 0 Å². The van der Waals surface area contributed by atoms with E-state index < -0.39 is 6.36 Å². The van der Waals surface area contributed by atoms with E-state index in [4.69, 9.17) is 0 Å². The Kier molecular flexibility index (Phi) is 10.4. The summed E-state index contributed by atoms with van der Waals surface area (Å²) in [5.74, 6) is 1.74. The summed E-state index contributed by atoms with van der Waals surface area (Å²) in [5, 5.41) is 8.16. The van der Waals surface area contributed by atoms with Crippen molar-refractivity contribution in [3.8, 4) is 22.8 Å². The van der Waals surface area contributed by atoms with E-state index in [9.17, 15) is 18.0 Å². The zero-order valence-electron chi connectivity index (χ0n) is 26.2. The van der Waals surface area contributed by atoms with Crippen molar-refractivity contribution in [2.24, 2.45) is 4.99 Å². The van der Waals surface area contributed by atoms with Crippen molar-refractivity contribution in [2.75, 3.05) is 23.7 Å². The average molecular weight is 651 g/mol. The topological polar surface area (TPSA) is 84.6 Å². The van der Waals surface area contributed by atoms with Crippen molar-refractivity contribution in [2.45, 2.75) is 58.7 Å². The monoisotopic (exact) mass is 650 g/mol. The lowest BCUT2D eigenvalue weighted by molar-refractivity contribution is -0.274. The fourth-order valence-corrected chi connectivity index (χ4v) is 6.50. The first-order valence-electron chi connectivity index (χ1n) is 15.2. The van der Waals surface area contributed by atoms with Crippen LogP contribution in [0.5, 0.6) is 5.75 Å². The van der Waals surface area contributed by atoms with E-state index >= 15 is 0 Å². The zero-order valence-corrected chi connectivity index (χ0v) is 27.0. The van der Waals surface area contributed by atoms with Gasteiger partial charge in [-0.05, 0) is 78.6 Å². The predicted octanol–water partition coefficient (Wildman–Crippen LogP) is 8.47. The molecule has 1 aromatic heterocycles. The molecule has 1 aliphatic rings. The third-order valence-electron chi connectivity index (χ3n) is 7.80. The number of aliphatic imine (C=N–C) groups is 1. The maximum atomic E-state index is 12.7. The van der Waals surface area contributed by atoms with Crippen LogP contribution in [0, 0.1) is 6.92 Å². The molecule has 1 saturated heterocycles. The van der Waals surface area contributed by atoms with Crippen molar-refractivity contribution < 1.29 is 22.7 Å². The number of ether oxygens (including phenoxy) is 1. The molecular formula is C34H37F3N6O2S. The number of nitrogens with zero attached hydrogens (tertiary/aromatic N) is 5. The van der Waals surface area contributed by atoms with E-state index in [0.29, 0.717) is 24.0 Å². The first-order chi connectivity index (χ1) is 22.0. The summed E-state index contributed by atoms with van der Waals surface area (Å²) >= 11 is 1.61. The summed E-state index contributed by atoms with van der Waals surface area (Å²) in [4.78, 5) is 23.6. The number of hydrogen-bond acceptors (Lipinski definition) is 5. The minimum Gasteiger partial charge on any atom is -0.406 e. The van der Waals surface area contributed by atoms with E-state index in [1.165, 1.54) is 46.4 Å². The molecule has 0 saturated carbocycles. The summed E-state index contributed by atoms with van der Waals surface area (Å²) in [6, 6.07) is 19.4. The Morgan fingerprint density at radius 1 is 1.07 bits per heavy atom. The Bertz CT molecular complexity index is 1670. The lowest BCUT2D eigenvalue weighted by Gasteiger charge is -2.24. The van der Waals surface area contributed by atoms with Crippen LogP contribution in [-0.4, -0.2) is 51.2 Å². The number of hydrogen-bond donors (Lipinski definition) is 1. The van der Waals surface area contributed by atoms with Gasteiger partial charge in [-0.1, -0.05) is 68.9 Å². The molecule has 4 aromatic rings. The quantitative estimate of drug-likeness (QED) is 0.173. The van der Waals surface area contributed by atoms with Crippen molar-refractivity contribution in [1.29, 1.82) is 0 Å². The van der Waals surface area contributed by atoms with Gasteiger partial charge in [0.05, 0.1) is 5.69 Å². The van der Waals surface area contributed by atoms with Gasteiger partial charge in [0.25, 0.3) is 0 Å². The molecule has 0 aliphatic carbocycles. The van der Waals surface area contributed by atoms with E-state index in [0.717, 1.165) is 47.1 Å². The van der Waals surface area contributed by atoms with Gasteiger partial charge in [-0.25, -0.2) is 14.5 Å². The van der Waals surface area contributed by atoms with E-state index in [1.54, 1.807) is 11.8 Å². The number of amides is 2. The summed E-state index contributed by atoms with van der Waals surface area (Å²) in [6.45, 7) is 10.0. The molecule has 46 heavy (non-hydrogen) atoms. The van der Waals surface area contributed by atoms with Gasteiger partial charge in [-0.2, -0.15) is 4.99 Å². The molecule has 8 nitrogen and oxygen atoms in total. The number of carbonyl (C=O) groups excluding carboxylic acids is 1. The number of anilines is 1. The van der Waals surface area contributed by atoms with Crippen molar-refractivity contribution >= 4 is 28.6 Å². The molecule has 12 heteroatoms. The molecule has 1 N–H and O–H groups in total. The Hall–Kier alpha value is -4.32. The highest BCUT2D eigenvalue weighted by molar-refractivity contribution is 8.14. The fraction of sp³-hybridized carbons (Fsp3) is 0.353. The molecule has 2 heterocycles. The van der Waals surface area contributed by atoms with E-state index in [2.05, 4.69) is 75.9 Å². The highest BCUT2D eigenvalue weighted by atomic mass is 32.2. The standard InChI is InChI=1S/C34H37F3N6O2S/c1-22(2)30-24(4)7-5-9-29(30)42-19-20-46-33(42)40-32(44)38-18-6-8-23(3)25-10-12-26(13-11-25)31-39-21-43(41-31)27-14-16-28(17-15-27)45-34(35,36)37/h5,7,9-17,21-23H,6,8,18-20H2,1-4H3,(H,38,44). The molecule has 0 radical (unpaired) electrons. The minimum absolute atomic E-state index is 0.275. The lowest BCUT2D eigenvalue weighted by Crippen LogP contribution is -2.29. The normalized spacial score (nSPS) is 15.0. The Morgan fingerprint density at radius 3 is 2.50 bits per heavy atom. The van der Waals surface area contributed by atoms with Crippen LogP contribution in [0.25, 0.3) is 17.1 Å². The number of amidine groups is 1. The SMILES string of the molecule is Cc1cccc(N2CCSC2=NC(=O)NCCCC(C)c2ccc(-c3ncn(-c4ccc(OC(F)(F)F)cc4)n3)cc2)c1C(C)C. The van der Waals surface area contributed by atoms with E-state index in [-0.39, 0.29) is 17.7 Å². The first-order valence-corrected chi connectivity index (χ1v) is 16.2. The molecule has 242 valence electrons. The highest BCUT2D eigenvalue weighted by Gasteiger charge is 2.31. The molecule has 0 spiro atoms. The van der Waals surface area contributed by atoms with Crippen molar-refractivity contribution in [3.63, 3.8) is 0 Å². The number of nitrogens with one attached hydrogen (secondary N) is 1.